The zero-order valence-electron chi connectivity index (χ0n) is 22.2. The van der Waals surface area contributed by atoms with Gasteiger partial charge in [0.15, 0.2) is 11.6 Å². The molecule has 1 amide bonds. The molecule has 2 aliphatic rings. The summed E-state index contributed by atoms with van der Waals surface area (Å²) in [6.07, 6.45) is 7.79. The number of halogens is 2. The number of benzene rings is 2. The van der Waals surface area contributed by atoms with E-state index in [0.29, 0.717) is 11.5 Å². The van der Waals surface area contributed by atoms with Gasteiger partial charge in [0.25, 0.3) is 0 Å². The highest BCUT2D eigenvalue weighted by molar-refractivity contribution is 5.96. The number of nitrogens with zero attached hydrogens (tertiary/aromatic N) is 4. The summed E-state index contributed by atoms with van der Waals surface area (Å²) in [4.78, 5) is 19.9. The molecule has 7 nitrogen and oxygen atoms in total. The van der Waals surface area contributed by atoms with Gasteiger partial charge in [0, 0.05) is 36.9 Å². The van der Waals surface area contributed by atoms with Gasteiger partial charge in [-0.05, 0) is 69.4 Å². The fourth-order valence-corrected chi connectivity index (χ4v) is 6.08. The van der Waals surface area contributed by atoms with Crippen molar-refractivity contribution >= 4 is 22.6 Å². The molecule has 1 atom stereocenters. The molecule has 2 aromatic carbocycles. The highest BCUT2D eigenvalue weighted by Crippen LogP contribution is 2.40. The Morgan fingerprint density at radius 1 is 1.03 bits per heavy atom. The Bertz CT molecular complexity index is 1560. The molecule has 3 heterocycles. The fourth-order valence-electron chi connectivity index (χ4n) is 6.08. The largest absolute Gasteiger partial charge is 0.381 e. The lowest BCUT2D eigenvalue weighted by atomic mass is 9.92. The third-order valence-corrected chi connectivity index (χ3v) is 7.98. The monoisotopic (exact) mass is 532 g/mol. The highest BCUT2D eigenvalue weighted by atomic mass is 19.2. The number of hydrogen-bond acceptors (Lipinski definition) is 5. The van der Waals surface area contributed by atoms with E-state index in [9.17, 15) is 13.6 Å². The van der Waals surface area contributed by atoms with Crippen LogP contribution in [-0.2, 0) is 9.53 Å². The van der Waals surface area contributed by atoms with Crippen molar-refractivity contribution in [2.75, 3.05) is 12.0 Å². The lowest BCUT2D eigenvalue weighted by molar-refractivity contribution is -0.118. The molecule has 1 fully saturated rings. The van der Waals surface area contributed by atoms with Crippen molar-refractivity contribution in [3.05, 3.63) is 77.5 Å². The second-order valence-corrected chi connectivity index (χ2v) is 10.3. The minimum absolute atomic E-state index is 0.151. The molecule has 6 rings (SSSR count). The molecule has 0 radical (unpaired) electrons. The van der Waals surface area contributed by atoms with E-state index in [1.54, 1.807) is 7.11 Å². The smallest absolute Gasteiger partial charge is 0.231 e. The van der Waals surface area contributed by atoms with Gasteiger partial charge < -0.3 is 13.8 Å². The summed E-state index contributed by atoms with van der Waals surface area (Å²) in [7, 11) is 1.75. The summed E-state index contributed by atoms with van der Waals surface area (Å²) in [6, 6.07) is 9.28. The maximum atomic E-state index is 14.3. The van der Waals surface area contributed by atoms with E-state index in [1.807, 2.05) is 38.1 Å². The lowest BCUT2D eigenvalue weighted by Crippen LogP contribution is -2.38. The van der Waals surface area contributed by atoms with Crippen LogP contribution in [0.15, 0.2) is 53.1 Å². The highest BCUT2D eigenvalue weighted by Gasteiger charge is 2.34. The molecular formula is C30H30F2N4O3. The number of carbonyl (C=O) groups is 1. The molecule has 4 aromatic rings. The van der Waals surface area contributed by atoms with Gasteiger partial charge in [-0.2, -0.15) is 0 Å². The molecule has 202 valence electrons. The molecule has 39 heavy (non-hydrogen) atoms. The predicted octanol–water partition coefficient (Wildman–Crippen LogP) is 6.75. The van der Waals surface area contributed by atoms with Crippen LogP contribution in [0.3, 0.4) is 0 Å². The minimum atomic E-state index is -0.996. The molecule has 2 aromatic heterocycles. The number of anilines is 1. The van der Waals surface area contributed by atoms with Gasteiger partial charge in [-0.15, -0.1) is 0 Å². The van der Waals surface area contributed by atoms with E-state index in [4.69, 9.17) is 14.2 Å². The standard InChI is InChI=1S/C30H30F2N4O3/c1-17-29(18(2)39-34-17)19-7-14-26-25(15-19)33-30(36(26)20-8-11-22(38-3)12-9-20)27-5-4-6-28(37)35(27)21-10-13-23(31)24(32)16-21/h4-5,7,10,13-16,20,22,27H,6,8-9,11-12H2,1-3H3/t20?,22?,27-/m0/s1. The molecule has 0 N–H and O–H groups in total. The van der Waals surface area contributed by atoms with E-state index in [-0.39, 0.29) is 24.5 Å². The number of amides is 1. The Balaban J connectivity index is 1.51. The number of aromatic nitrogens is 3. The summed E-state index contributed by atoms with van der Waals surface area (Å²) in [5.74, 6) is -0.731. The molecular weight excluding hydrogens is 502 g/mol. The average molecular weight is 533 g/mol. The Morgan fingerprint density at radius 3 is 2.51 bits per heavy atom. The minimum Gasteiger partial charge on any atom is -0.381 e. The summed E-state index contributed by atoms with van der Waals surface area (Å²) in [6.45, 7) is 3.79. The van der Waals surface area contributed by atoms with Gasteiger partial charge in [-0.3, -0.25) is 9.69 Å². The second-order valence-electron chi connectivity index (χ2n) is 10.3. The van der Waals surface area contributed by atoms with Crippen LogP contribution >= 0.6 is 0 Å². The molecule has 0 saturated heterocycles. The van der Waals surface area contributed by atoms with Crippen LogP contribution in [0, 0.1) is 25.5 Å². The van der Waals surface area contributed by atoms with Crippen LogP contribution in [0.25, 0.3) is 22.2 Å². The Hall–Kier alpha value is -3.85. The van der Waals surface area contributed by atoms with Gasteiger partial charge in [0.05, 0.1) is 22.8 Å². The van der Waals surface area contributed by atoms with Crippen LogP contribution in [0.2, 0.25) is 0 Å². The lowest BCUT2D eigenvalue weighted by Gasteiger charge is -2.35. The molecule has 0 bridgehead atoms. The van der Waals surface area contributed by atoms with Crippen molar-refractivity contribution in [3.8, 4) is 11.1 Å². The van der Waals surface area contributed by atoms with Gasteiger partial charge in [0.2, 0.25) is 5.91 Å². The first kappa shape index (κ1) is 25.4. The molecule has 9 heteroatoms. The Kier molecular flexibility index (Phi) is 6.54. The summed E-state index contributed by atoms with van der Waals surface area (Å²) in [5.41, 5.74) is 4.72. The van der Waals surface area contributed by atoms with Gasteiger partial charge in [-0.1, -0.05) is 23.4 Å². The average Bonchev–Trinajstić information content (AvgIpc) is 3.48. The number of fused-ring (bicyclic) bond motifs is 1. The van der Waals surface area contributed by atoms with Crippen LogP contribution in [0.4, 0.5) is 14.5 Å². The van der Waals surface area contributed by atoms with E-state index in [0.717, 1.165) is 71.4 Å². The number of ether oxygens (including phenoxy) is 1. The van der Waals surface area contributed by atoms with Crippen molar-refractivity contribution in [1.82, 2.24) is 14.7 Å². The van der Waals surface area contributed by atoms with Crippen molar-refractivity contribution in [2.24, 2.45) is 0 Å². The molecule has 0 unspecified atom stereocenters. The number of hydrogen-bond donors (Lipinski definition) is 0. The zero-order chi connectivity index (χ0) is 27.3. The first-order valence-corrected chi connectivity index (χ1v) is 13.3. The SMILES string of the molecule is COC1CCC(n2c([C@@H]3C=CCC(=O)N3c3ccc(F)c(F)c3)nc3cc(-c4c(C)noc4C)ccc32)CC1. The van der Waals surface area contributed by atoms with Crippen molar-refractivity contribution < 1.29 is 22.8 Å². The van der Waals surface area contributed by atoms with E-state index < -0.39 is 17.7 Å². The van der Waals surface area contributed by atoms with Crippen LogP contribution in [0.1, 0.15) is 61.5 Å². The normalized spacial score (nSPS) is 21.7. The third-order valence-electron chi connectivity index (χ3n) is 7.98. The topological polar surface area (TPSA) is 73.4 Å². The van der Waals surface area contributed by atoms with Crippen molar-refractivity contribution in [1.29, 1.82) is 0 Å². The summed E-state index contributed by atoms with van der Waals surface area (Å²) in [5, 5.41) is 4.10. The predicted molar refractivity (Wildman–Crippen MR) is 143 cm³/mol. The van der Waals surface area contributed by atoms with E-state index >= 15 is 0 Å². The van der Waals surface area contributed by atoms with Crippen LogP contribution in [-0.4, -0.2) is 33.8 Å². The van der Waals surface area contributed by atoms with E-state index in [2.05, 4.69) is 15.8 Å². The number of aryl methyl sites for hydroxylation is 2. The molecule has 1 aliphatic heterocycles. The maximum Gasteiger partial charge on any atom is 0.231 e. The Labute approximate surface area is 225 Å². The van der Waals surface area contributed by atoms with Gasteiger partial charge >= 0.3 is 0 Å². The van der Waals surface area contributed by atoms with Gasteiger partial charge in [-0.25, -0.2) is 13.8 Å². The quantitative estimate of drug-likeness (QED) is 0.266. The molecule has 1 aliphatic carbocycles. The zero-order valence-corrected chi connectivity index (χ0v) is 22.2. The Morgan fingerprint density at radius 2 is 1.82 bits per heavy atom. The van der Waals surface area contributed by atoms with Crippen molar-refractivity contribution in [2.45, 2.75) is 64.1 Å². The number of rotatable bonds is 5. The number of methoxy groups -OCH3 is 1. The summed E-state index contributed by atoms with van der Waals surface area (Å²) < 4.78 is 41.3. The molecule has 0 spiro atoms. The second kappa shape index (κ2) is 10.0. The van der Waals surface area contributed by atoms with E-state index in [1.165, 1.54) is 11.0 Å². The first-order chi connectivity index (χ1) is 18.9. The first-order valence-electron chi connectivity index (χ1n) is 13.3. The van der Waals surface area contributed by atoms with Crippen LogP contribution in [0.5, 0.6) is 0 Å². The third kappa shape index (κ3) is 4.44. The summed E-state index contributed by atoms with van der Waals surface area (Å²) >= 11 is 0. The maximum absolute atomic E-state index is 14.3. The fraction of sp³-hybridized carbons (Fsp3) is 0.367. The molecule has 1 saturated carbocycles. The van der Waals surface area contributed by atoms with Crippen molar-refractivity contribution in [3.63, 3.8) is 0 Å². The van der Waals surface area contributed by atoms with Gasteiger partial charge in [0.1, 0.15) is 17.6 Å². The number of imidazole rings is 1. The number of carbonyl (C=O) groups excluding carboxylic acids is 1. The van der Waals surface area contributed by atoms with Crippen LogP contribution < -0.4 is 4.90 Å².